The minimum atomic E-state index is -1.15. The molecule has 10 unspecified atom stereocenters. The summed E-state index contributed by atoms with van der Waals surface area (Å²) in [6.45, 7) is 14.9. The minimum absolute atomic E-state index is 0.0585. The van der Waals surface area contributed by atoms with Gasteiger partial charge in [-0.2, -0.15) is 0 Å². The van der Waals surface area contributed by atoms with Crippen molar-refractivity contribution < 1.29 is 38.7 Å². The van der Waals surface area contributed by atoms with E-state index < -0.39 is 17.7 Å². The molecule has 2 N–H and O–H groups in total. The Hall–Kier alpha value is -1.26. The van der Waals surface area contributed by atoms with Crippen molar-refractivity contribution in [2.45, 2.75) is 148 Å². The van der Waals surface area contributed by atoms with Crippen molar-refractivity contribution in [2.24, 2.45) is 45.3 Å². The second-order valence-corrected chi connectivity index (χ2v) is 17.9. The second kappa shape index (κ2) is 11.4. The number of fused-ring (bicyclic) bond motifs is 4. The lowest BCUT2D eigenvalue weighted by molar-refractivity contribution is -0.245. The van der Waals surface area contributed by atoms with Crippen LogP contribution in [0.3, 0.4) is 0 Å². The van der Waals surface area contributed by atoms with Crippen molar-refractivity contribution in [2.75, 3.05) is 26.2 Å². The summed E-state index contributed by atoms with van der Waals surface area (Å²) in [5, 5.41) is 20.0. The highest BCUT2D eigenvalue weighted by atomic mass is 16.7. The third-order valence-corrected chi connectivity index (χ3v) is 15.0. The molecule has 2 aliphatic heterocycles. The van der Waals surface area contributed by atoms with E-state index in [9.17, 15) is 14.7 Å². The molecule has 2 heterocycles. The molecule has 2 saturated heterocycles. The number of ether oxygens (including phenoxy) is 4. The summed E-state index contributed by atoms with van der Waals surface area (Å²) in [4.78, 5) is 25.2. The Morgan fingerprint density at radius 2 is 1.76 bits per heavy atom. The Kier molecular flexibility index (Phi) is 8.24. The van der Waals surface area contributed by atoms with Gasteiger partial charge in [0.2, 0.25) is 0 Å². The van der Waals surface area contributed by atoms with E-state index in [4.69, 9.17) is 24.1 Å². The van der Waals surface area contributed by atoms with Crippen LogP contribution >= 0.6 is 0 Å². The molecule has 9 nitrogen and oxygen atoms in total. The number of rotatable bonds is 8. The number of carbonyl (C=O) groups excluding carboxylic acids is 1. The Morgan fingerprint density at radius 1 is 1.00 bits per heavy atom. The van der Waals surface area contributed by atoms with E-state index in [0.29, 0.717) is 48.3 Å². The van der Waals surface area contributed by atoms with Gasteiger partial charge in [0.1, 0.15) is 0 Å². The van der Waals surface area contributed by atoms with Crippen LogP contribution in [0.5, 0.6) is 0 Å². The van der Waals surface area contributed by atoms with Crippen molar-refractivity contribution in [1.29, 1.82) is 0 Å². The molecule has 260 valence electrons. The number of nitrogens with zero attached hydrogens (tertiary/aromatic N) is 1. The highest BCUT2D eigenvalue weighted by Crippen LogP contribution is 2.87. The van der Waals surface area contributed by atoms with E-state index in [-0.39, 0.29) is 47.8 Å². The van der Waals surface area contributed by atoms with Gasteiger partial charge in [-0.25, -0.2) is 0 Å². The number of aliphatic carboxylic acids is 1. The first-order valence-electron chi connectivity index (χ1n) is 18.4. The Balaban J connectivity index is 1.04. The number of aliphatic hydroxyl groups is 1. The van der Waals surface area contributed by atoms with Gasteiger partial charge in [0.15, 0.2) is 12.4 Å². The lowest BCUT2D eigenvalue weighted by Gasteiger charge is -2.60. The molecule has 46 heavy (non-hydrogen) atoms. The lowest BCUT2D eigenvalue weighted by atomic mass is 9.46. The maximum absolute atomic E-state index is 11.9. The van der Waals surface area contributed by atoms with Gasteiger partial charge in [0, 0.05) is 26.6 Å². The quantitative estimate of drug-likeness (QED) is 0.334. The second-order valence-electron chi connectivity index (χ2n) is 17.9. The van der Waals surface area contributed by atoms with Gasteiger partial charge < -0.3 is 29.2 Å². The van der Waals surface area contributed by atoms with E-state index in [2.05, 4.69) is 25.7 Å². The van der Waals surface area contributed by atoms with Gasteiger partial charge in [0.05, 0.1) is 36.9 Å². The summed E-state index contributed by atoms with van der Waals surface area (Å²) in [7, 11) is 0. The molecule has 0 aromatic rings. The normalized spacial score (nSPS) is 46.9. The lowest BCUT2D eigenvalue weighted by Crippen LogP contribution is -2.56. The van der Waals surface area contributed by atoms with E-state index >= 15 is 0 Å². The van der Waals surface area contributed by atoms with E-state index in [1.807, 2.05) is 0 Å². The van der Waals surface area contributed by atoms with Crippen LogP contribution in [-0.2, 0) is 28.5 Å². The average molecular weight is 646 g/mol. The van der Waals surface area contributed by atoms with Crippen molar-refractivity contribution in [3.63, 3.8) is 0 Å². The Labute approximate surface area is 275 Å². The number of morpholine rings is 1. The third-order valence-electron chi connectivity index (χ3n) is 15.0. The first-order valence-corrected chi connectivity index (χ1v) is 18.4. The number of carboxylic acids is 1. The number of esters is 1. The molecular weight excluding hydrogens is 586 g/mol. The first kappa shape index (κ1) is 33.2. The van der Waals surface area contributed by atoms with E-state index in [1.165, 1.54) is 45.4 Å². The van der Waals surface area contributed by atoms with Gasteiger partial charge >= 0.3 is 11.9 Å². The molecule has 9 heteroatoms. The summed E-state index contributed by atoms with van der Waals surface area (Å²) in [6.07, 6.45) is 11.1. The first-order chi connectivity index (χ1) is 21.6. The summed E-state index contributed by atoms with van der Waals surface area (Å²) >= 11 is 0. The highest BCUT2D eigenvalue weighted by molar-refractivity contribution is 5.67. The smallest absolute Gasteiger partial charge is 0.304 e. The molecule has 2 spiro atoms. The number of hydrogen-bond donors (Lipinski definition) is 2. The van der Waals surface area contributed by atoms with Gasteiger partial charge in [-0.3, -0.25) is 14.5 Å². The van der Waals surface area contributed by atoms with Gasteiger partial charge in [-0.05, 0) is 123 Å². The van der Waals surface area contributed by atoms with Crippen LogP contribution < -0.4 is 0 Å². The molecule has 5 saturated carbocycles. The fourth-order valence-corrected chi connectivity index (χ4v) is 13.0. The van der Waals surface area contributed by atoms with Crippen LogP contribution in [0.15, 0.2) is 0 Å². The monoisotopic (exact) mass is 645 g/mol. The predicted octanol–water partition coefficient (Wildman–Crippen LogP) is 5.41. The van der Waals surface area contributed by atoms with Crippen molar-refractivity contribution >= 4 is 11.9 Å². The zero-order valence-corrected chi connectivity index (χ0v) is 29.1. The molecule has 0 bridgehead atoms. The van der Waals surface area contributed by atoms with E-state index in [1.54, 1.807) is 13.8 Å². The third kappa shape index (κ3) is 5.19. The largest absolute Gasteiger partial charge is 0.481 e. The molecule has 7 fully saturated rings. The fraction of sp³-hybridized carbons (Fsp3) is 0.946. The van der Waals surface area contributed by atoms with E-state index in [0.717, 1.165) is 38.1 Å². The Bertz CT molecular complexity index is 1200. The molecule has 0 aromatic carbocycles. The average Bonchev–Trinajstić information content (AvgIpc) is 3.55. The standard InChI is InChI=1S/C37H59NO8/c1-22(39)44-32(34(4,5)42)26-9-7-24-27(45-26)19-25-23-8-10-28-33(2,3)29(46-31-20-38(17-18-43-31)16-12-30(40)41)11-13-37(28)21-36(23,37)15-14-35(24,25)6/h23-29,31-32,42H,7-21H2,1-6H3,(H,40,41)/t23?,24?,25?,26?,27?,28?,29-,31?,32-,35?,36?,37?/m0/s1. The maximum Gasteiger partial charge on any atom is 0.304 e. The summed E-state index contributed by atoms with van der Waals surface area (Å²) in [5.41, 5.74) is 0.0502. The highest BCUT2D eigenvalue weighted by Gasteiger charge is 2.80. The number of hydrogen-bond acceptors (Lipinski definition) is 8. The van der Waals surface area contributed by atoms with Gasteiger partial charge in [-0.1, -0.05) is 20.8 Å². The molecular formula is C37H59NO8. The van der Waals surface area contributed by atoms with Crippen LogP contribution in [0, 0.1) is 45.3 Å². The van der Waals surface area contributed by atoms with Gasteiger partial charge in [-0.15, -0.1) is 0 Å². The summed E-state index contributed by atoms with van der Waals surface area (Å²) < 4.78 is 25.4. The van der Waals surface area contributed by atoms with Crippen LogP contribution in [0.1, 0.15) is 112 Å². The number of carbonyl (C=O) groups is 2. The SMILES string of the molecule is CC(=O)O[C@@H](C1CCC2C(CC3C4CCC5C(C)(C)[C@@H](OC6CN(CCC(=O)O)CCO6)CCC56CC46CCC23C)O1)C(C)(C)O. The fourth-order valence-electron chi connectivity index (χ4n) is 13.0. The van der Waals surface area contributed by atoms with Crippen LogP contribution in [-0.4, -0.2) is 89.6 Å². The van der Waals surface area contributed by atoms with Crippen LogP contribution in [0.2, 0.25) is 0 Å². The predicted molar refractivity (Wildman–Crippen MR) is 171 cm³/mol. The van der Waals surface area contributed by atoms with Crippen molar-refractivity contribution in [3.05, 3.63) is 0 Å². The molecule has 7 aliphatic rings. The zero-order valence-electron chi connectivity index (χ0n) is 29.1. The van der Waals surface area contributed by atoms with Crippen LogP contribution in [0.4, 0.5) is 0 Å². The molecule has 0 aromatic heterocycles. The summed E-state index contributed by atoms with van der Waals surface area (Å²) in [5.74, 6) is 1.46. The summed E-state index contributed by atoms with van der Waals surface area (Å²) in [6, 6.07) is 0. The maximum atomic E-state index is 11.9. The van der Waals surface area contributed by atoms with Crippen molar-refractivity contribution in [3.8, 4) is 0 Å². The molecule has 12 atom stereocenters. The molecule has 5 aliphatic carbocycles. The molecule has 0 amide bonds. The van der Waals surface area contributed by atoms with Crippen molar-refractivity contribution in [1.82, 2.24) is 4.90 Å². The number of carboxylic acid groups (broad SMARTS) is 1. The van der Waals surface area contributed by atoms with Crippen LogP contribution in [0.25, 0.3) is 0 Å². The minimum Gasteiger partial charge on any atom is -0.481 e. The topological polar surface area (TPSA) is 115 Å². The van der Waals surface area contributed by atoms with Gasteiger partial charge in [0.25, 0.3) is 0 Å². The molecule has 7 rings (SSSR count). The Morgan fingerprint density at radius 3 is 2.48 bits per heavy atom. The molecule has 0 radical (unpaired) electrons. The zero-order chi connectivity index (χ0) is 32.9.